The minimum absolute atomic E-state index is 0.226. The largest absolute Gasteiger partial charge is 0.343 e. The van der Waals surface area contributed by atoms with Crippen molar-refractivity contribution >= 4 is 34.9 Å². The Morgan fingerprint density at radius 3 is 2.50 bits per heavy atom. The van der Waals surface area contributed by atoms with Crippen LogP contribution in [0.4, 0.5) is 0 Å². The third-order valence-electron chi connectivity index (χ3n) is 2.42. The highest BCUT2D eigenvalue weighted by atomic mass is 35.5. The summed E-state index contributed by atoms with van der Waals surface area (Å²) < 4.78 is 0. The van der Waals surface area contributed by atoms with E-state index in [9.17, 15) is 9.59 Å². The molecule has 0 bridgehead atoms. The van der Waals surface area contributed by atoms with Crippen molar-refractivity contribution in [1.29, 1.82) is 0 Å². The summed E-state index contributed by atoms with van der Waals surface area (Å²) >= 11 is 11.6. The Bertz CT molecular complexity index is 498. The second-order valence-corrected chi connectivity index (χ2v) is 4.52. The van der Waals surface area contributed by atoms with E-state index >= 15 is 0 Å². The Morgan fingerprint density at radius 1 is 1.28 bits per heavy atom. The number of benzene rings is 1. The SMILES string of the molecule is CCN(C)C(=O)/C=C/C(=O)c1ccc(Cl)cc1Cl. The van der Waals surface area contributed by atoms with Crippen molar-refractivity contribution in [2.45, 2.75) is 6.92 Å². The minimum atomic E-state index is -0.325. The molecule has 5 heteroatoms. The first-order chi connectivity index (χ1) is 8.45. The number of halogens is 2. The van der Waals surface area contributed by atoms with Gasteiger partial charge in [-0.1, -0.05) is 23.2 Å². The number of hydrogen-bond acceptors (Lipinski definition) is 2. The second kappa shape index (κ2) is 6.57. The van der Waals surface area contributed by atoms with Crippen LogP contribution in [0.15, 0.2) is 30.4 Å². The molecule has 0 spiro atoms. The van der Waals surface area contributed by atoms with E-state index < -0.39 is 0 Å². The third-order valence-corrected chi connectivity index (χ3v) is 2.97. The molecule has 1 aromatic carbocycles. The number of allylic oxidation sites excluding steroid dienone is 1. The zero-order chi connectivity index (χ0) is 13.7. The summed E-state index contributed by atoms with van der Waals surface area (Å²) in [6.07, 6.45) is 2.44. The van der Waals surface area contributed by atoms with Gasteiger partial charge in [0.2, 0.25) is 5.91 Å². The first kappa shape index (κ1) is 14.7. The number of likely N-dealkylation sites (N-methyl/N-ethyl adjacent to an activating group) is 1. The van der Waals surface area contributed by atoms with Crippen LogP contribution in [0, 0.1) is 0 Å². The molecule has 0 radical (unpaired) electrons. The molecule has 0 unspecified atom stereocenters. The topological polar surface area (TPSA) is 37.4 Å². The number of carbonyl (C=O) groups is 2. The Morgan fingerprint density at radius 2 is 1.94 bits per heavy atom. The van der Waals surface area contributed by atoms with Crippen molar-refractivity contribution < 1.29 is 9.59 Å². The van der Waals surface area contributed by atoms with Crippen LogP contribution in [-0.2, 0) is 4.79 Å². The normalized spacial score (nSPS) is 10.7. The number of carbonyl (C=O) groups excluding carboxylic acids is 2. The van der Waals surface area contributed by atoms with Crippen molar-refractivity contribution in [1.82, 2.24) is 4.90 Å². The molecule has 0 saturated heterocycles. The Balaban J connectivity index is 2.83. The van der Waals surface area contributed by atoms with Crippen LogP contribution in [0.1, 0.15) is 17.3 Å². The second-order valence-electron chi connectivity index (χ2n) is 3.67. The van der Waals surface area contributed by atoms with Crippen LogP contribution in [0.5, 0.6) is 0 Å². The predicted molar refractivity (Wildman–Crippen MR) is 73.2 cm³/mol. The van der Waals surface area contributed by atoms with E-state index in [1.165, 1.54) is 29.2 Å². The molecule has 3 nitrogen and oxygen atoms in total. The fraction of sp³-hybridized carbons (Fsp3) is 0.231. The van der Waals surface area contributed by atoms with Crippen molar-refractivity contribution in [2.75, 3.05) is 13.6 Å². The maximum absolute atomic E-state index is 11.8. The van der Waals surface area contributed by atoms with Gasteiger partial charge in [-0.25, -0.2) is 0 Å². The van der Waals surface area contributed by atoms with Gasteiger partial charge in [0.15, 0.2) is 5.78 Å². The Hall–Kier alpha value is -1.32. The molecule has 0 fully saturated rings. The third kappa shape index (κ3) is 3.86. The molecular weight excluding hydrogens is 273 g/mol. The molecule has 0 N–H and O–H groups in total. The summed E-state index contributed by atoms with van der Waals surface area (Å²) in [5.41, 5.74) is 0.323. The quantitative estimate of drug-likeness (QED) is 0.629. The molecule has 0 saturated carbocycles. The van der Waals surface area contributed by atoms with Crippen LogP contribution >= 0.6 is 23.2 Å². The van der Waals surface area contributed by atoms with Gasteiger partial charge < -0.3 is 4.90 Å². The number of rotatable bonds is 4. The van der Waals surface area contributed by atoms with Crippen LogP contribution in [-0.4, -0.2) is 30.2 Å². The van der Waals surface area contributed by atoms with E-state index in [1.807, 2.05) is 6.92 Å². The fourth-order valence-electron chi connectivity index (χ4n) is 1.21. The molecule has 96 valence electrons. The van der Waals surface area contributed by atoms with Gasteiger partial charge >= 0.3 is 0 Å². The van der Waals surface area contributed by atoms with Crippen LogP contribution in [0.3, 0.4) is 0 Å². The number of nitrogens with zero attached hydrogens (tertiary/aromatic N) is 1. The molecule has 0 aliphatic rings. The molecule has 0 aromatic heterocycles. The van der Waals surface area contributed by atoms with E-state index in [1.54, 1.807) is 13.1 Å². The van der Waals surface area contributed by atoms with Crippen LogP contribution < -0.4 is 0 Å². The molecule has 1 amide bonds. The number of amides is 1. The van der Waals surface area contributed by atoms with Crippen molar-refractivity contribution in [2.24, 2.45) is 0 Å². The standard InChI is InChI=1S/C13H13Cl2NO2/c1-3-16(2)13(18)7-6-12(17)10-5-4-9(14)8-11(10)15/h4-8H,3H2,1-2H3/b7-6+. The summed E-state index contributed by atoms with van der Waals surface area (Å²) in [6, 6.07) is 4.60. The zero-order valence-corrected chi connectivity index (χ0v) is 11.6. The molecule has 18 heavy (non-hydrogen) atoms. The lowest BCUT2D eigenvalue weighted by Gasteiger charge is -2.10. The lowest BCUT2D eigenvalue weighted by molar-refractivity contribution is -0.124. The first-order valence-corrected chi connectivity index (χ1v) is 6.14. The lowest BCUT2D eigenvalue weighted by atomic mass is 10.1. The van der Waals surface area contributed by atoms with Gasteiger partial charge in [-0.05, 0) is 31.2 Å². The Kier molecular flexibility index (Phi) is 5.38. The molecule has 0 aliphatic carbocycles. The summed E-state index contributed by atoms with van der Waals surface area (Å²) in [5.74, 6) is -0.551. The summed E-state index contributed by atoms with van der Waals surface area (Å²) in [5, 5.41) is 0.732. The van der Waals surface area contributed by atoms with Crippen LogP contribution in [0.2, 0.25) is 10.0 Å². The highest BCUT2D eigenvalue weighted by Gasteiger charge is 2.09. The van der Waals surface area contributed by atoms with E-state index in [0.717, 1.165) is 0 Å². The van der Waals surface area contributed by atoms with Crippen LogP contribution in [0.25, 0.3) is 0 Å². The highest BCUT2D eigenvalue weighted by molar-refractivity contribution is 6.37. The van der Waals surface area contributed by atoms with Gasteiger partial charge in [0.05, 0.1) is 5.02 Å². The minimum Gasteiger partial charge on any atom is -0.343 e. The van der Waals surface area contributed by atoms with E-state index in [-0.39, 0.29) is 16.7 Å². The van der Waals surface area contributed by atoms with Crippen molar-refractivity contribution in [3.8, 4) is 0 Å². The smallest absolute Gasteiger partial charge is 0.246 e. The maximum atomic E-state index is 11.8. The van der Waals surface area contributed by atoms with Gasteiger partial charge in [-0.15, -0.1) is 0 Å². The van der Waals surface area contributed by atoms with E-state index in [2.05, 4.69) is 0 Å². The number of ketones is 1. The van der Waals surface area contributed by atoms with Gasteiger partial charge in [-0.3, -0.25) is 9.59 Å². The van der Waals surface area contributed by atoms with E-state index in [4.69, 9.17) is 23.2 Å². The Labute approximate surface area is 116 Å². The summed E-state index contributed by atoms with van der Waals surface area (Å²) in [6.45, 7) is 2.43. The van der Waals surface area contributed by atoms with Gasteiger partial charge in [-0.2, -0.15) is 0 Å². The molecule has 0 atom stereocenters. The molecule has 0 heterocycles. The van der Waals surface area contributed by atoms with Gasteiger partial charge in [0, 0.05) is 30.3 Å². The van der Waals surface area contributed by atoms with Gasteiger partial charge in [0.1, 0.15) is 0 Å². The lowest BCUT2D eigenvalue weighted by Crippen LogP contribution is -2.24. The van der Waals surface area contributed by atoms with E-state index in [0.29, 0.717) is 17.1 Å². The van der Waals surface area contributed by atoms with Crippen molar-refractivity contribution in [3.63, 3.8) is 0 Å². The monoisotopic (exact) mass is 285 g/mol. The fourth-order valence-corrected chi connectivity index (χ4v) is 1.71. The average molecular weight is 286 g/mol. The maximum Gasteiger partial charge on any atom is 0.246 e. The van der Waals surface area contributed by atoms with Crippen molar-refractivity contribution in [3.05, 3.63) is 46.0 Å². The molecule has 1 rings (SSSR count). The summed E-state index contributed by atoms with van der Waals surface area (Å²) in [4.78, 5) is 24.8. The first-order valence-electron chi connectivity index (χ1n) is 5.38. The molecule has 1 aromatic rings. The molecule has 0 aliphatic heterocycles. The van der Waals surface area contributed by atoms with Gasteiger partial charge in [0.25, 0.3) is 0 Å². The zero-order valence-electron chi connectivity index (χ0n) is 10.1. The highest BCUT2D eigenvalue weighted by Crippen LogP contribution is 2.21. The average Bonchev–Trinajstić information content (AvgIpc) is 2.34. The predicted octanol–water partition coefficient (Wildman–Crippen LogP) is 3.21. The number of hydrogen-bond donors (Lipinski definition) is 0. The molecular formula is C13H13Cl2NO2. The summed E-state index contributed by atoms with van der Waals surface area (Å²) in [7, 11) is 1.66.